The smallest absolute Gasteiger partial charge is 0.263 e. The molecule has 5 nitrogen and oxygen atoms in total. The number of nitrogens with one attached hydrogen (secondary N) is 1. The predicted molar refractivity (Wildman–Crippen MR) is 90.6 cm³/mol. The molecule has 1 N–H and O–H groups in total. The number of aryl methyl sites for hydroxylation is 1. The lowest BCUT2D eigenvalue weighted by atomic mass is 9.95. The third-order valence-corrected chi connectivity index (χ3v) is 4.91. The molecule has 0 aromatic carbocycles. The van der Waals surface area contributed by atoms with Crippen LogP contribution in [0.5, 0.6) is 0 Å². The van der Waals surface area contributed by atoms with Crippen molar-refractivity contribution in [2.45, 2.75) is 19.8 Å². The highest BCUT2D eigenvalue weighted by molar-refractivity contribution is 7.12. The molecule has 120 valence electrons. The van der Waals surface area contributed by atoms with Crippen LogP contribution in [0.1, 0.15) is 28.1 Å². The van der Waals surface area contributed by atoms with Gasteiger partial charge in [0.05, 0.1) is 4.88 Å². The van der Waals surface area contributed by atoms with Gasteiger partial charge in [-0.1, -0.05) is 6.07 Å². The summed E-state index contributed by atoms with van der Waals surface area (Å²) < 4.78 is 0. The standard InChI is InChI=1S/C17H19N3O2S/c1-12-4-7-18-15(11-12)19-16(21)13-5-8-20(9-6-13)17(22)14-3-2-10-23-14/h2-4,7,10-11,13H,5-6,8-9H2,1H3,(H,18,19,21). The Morgan fingerprint density at radius 1 is 1.30 bits per heavy atom. The quantitative estimate of drug-likeness (QED) is 0.942. The van der Waals surface area contributed by atoms with E-state index in [4.69, 9.17) is 0 Å². The molecule has 1 aliphatic heterocycles. The predicted octanol–water partition coefficient (Wildman–Crippen LogP) is 2.94. The highest BCUT2D eigenvalue weighted by Crippen LogP contribution is 2.22. The number of thiophene rings is 1. The Labute approximate surface area is 139 Å². The molecule has 2 aromatic heterocycles. The van der Waals surface area contributed by atoms with Crippen molar-refractivity contribution in [2.75, 3.05) is 18.4 Å². The maximum atomic E-state index is 12.3. The fourth-order valence-electron chi connectivity index (χ4n) is 2.73. The fourth-order valence-corrected chi connectivity index (χ4v) is 3.42. The third-order valence-electron chi connectivity index (χ3n) is 4.05. The molecule has 0 radical (unpaired) electrons. The van der Waals surface area contributed by atoms with Crippen molar-refractivity contribution < 1.29 is 9.59 Å². The largest absolute Gasteiger partial charge is 0.338 e. The highest BCUT2D eigenvalue weighted by Gasteiger charge is 2.28. The van der Waals surface area contributed by atoms with Crippen LogP contribution in [0.2, 0.25) is 0 Å². The average Bonchev–Trinajstić information content (AvgIpc) is 3.09. The van der Waals surface area contributed by atoms with Crippen molar-refractivity contribution >= 4 is 29.0 Å². The fraction of sp³-hybridized carbons (Fsp3) is 0.353. The van der Waals surface area contributed by atoms with Crippen LogP contribution in [0.25, 0.3) is 0 Å². The number of hydrogen-bond donors (Lipinski definition) is 1. The Kier molecular flexibility index (Phi) is 4.71. The minimum absolute atomic E-state index is 0.00803. The van der Waals surface area contributed by atoms with E-state index in [0.29, 0.717) is 31.7 Å². The second-order valence-corrected chi connectivity index (χ2v) is 6.70. The zero-order valence-corrected chi connectivity index (χ0v) is 13.8. The summed E-state index contributed by atoms with van der Waals surface area (Å²) in [6.45, 7) is 3.21. The number of pyridine rings is 1. The number of aromatic nitrogens is 1. The van der Waals surface area contributed by atoms with E-state index in [2.05, 4.69) is 10.3 Å². The first kappa shape index (κ1) is 15.7. The van der Waals surface area contributed by atoms with Gasteiger partial charge in [0.2, 0.25) is 5.91 Å². The van der Waals surface area contributed by atoms with Crippen molar-refractivity contribution in [3.05, 3.63) is 46.3 Å². The van der Waals surface area contributed by atoms with E-state index >= 15 is 0 Å². The molecule has 1 fully saturated rings. The first-order chi connectivity index (χ1) is 11.1. The molecular formula is C17H19N3O2S. The minimum Gasteiger partial charge on any atom is -0.338 e. The van der Waals surface area contributed by atoms with Gasteiger partial charge in [0.15, 0.2) is 0 Å². The Balaban J connectivity index is 1.54. The van der Waals surface area contributed by atoms with Gasteiger partial charge < -0.3 is 10.2 Å². The molecule has 0 bridgehead atoms. The van der Waals surface area contributed by atoms with E-state index in [-0.39, 0.29) is 17.7 Å². The van der Waals surface area contributed by atoms with Gasteiger partial charge in [-0.3, -0.25) is 9.59 Å². The van der Waals surface area contributed by atoms with E-state index in [9.17, 15) is 9.59 Å². The average molecular weight is 329 g/mol. The molecule has 3 heterocycles. The Hall–Kier alpha value is -2.21. The Morgan fingerprint density at radius 3 is 2.74 bits per heavy atom. The van der Waals surface area contributed by atoms with E-state index in [0.717, 1.165) is 10.4 Å². The molecule has 0 spiro atoms. The molecule has 1 aliphatic rings. The zero-order chi connectivity index (χ0) is 16.2. The van der Waals surface area contributed by atoms with Crippen molar-refractivity contribution in [1.29, 1.82) is 0 Å². The number of nitrogens with zero attached hydrogens (tertiary/aromatic N) is 2. The van der Waals surface area contributed by atoms with Crippen LogP contribution in [0.4, 0.5) is 5.82 Å². The molecule has 6 heteroatoms. The number of likely N-dealkylation sites (tertiary alicyclic amines) is 1. The van der Waals surface area contributed by atoms with E-state index in [1.807, 2.05) is 41.5 Å². The normalized spacial score (nSPS) is 15.4. The lowest BCUT2D eigenvalue weighted by Gasteiger charge is -2.31. The number of anilines is 1. The molecule has 2 amide bonds. The topological polar surface area (TPSA) is 62.3 Å². The SMILES string of the molecule is Cc1ccnc(NC(=O)C2CCN(C(=O)c3cccs3)CC2)c1. The summed E-state index contributed by atoms with van der Waals surface area (Å²) in [5, 5.41) is 4.78. The molecule has 0 atom stereocenters. The lowest BCUT2D eigenvalue weighted by Crippen LogP contribution is -2.41. The number of rotatable bonds is 3. The third kappa shape index (κ3) is 3.76. The number of hydrogen-bond acceptors (Lipinski definition) is 4. The molecule has 2 aromatic rings. The summed E-state index contributed by atoms with van der Waals surface area (Å²) in [5.74, 6) is 0.585. The van der Waals surface area contributed by atoms with Crippen LogP contribution in [0.3, 0.4) is 0 Å². The van der Waals surface area contributed by atoms with Crippen LogP contribution < -0.4 is 5.32 Å². The van der Waals surface area contributed by atoms with Crippen LogP contribution >= 0.6 is 11.3 Å². The van der Waals surface area contributed by atoms with E-state index < -0.39 is 0 Å². The van der Waals surface area contributed by atoms with Gasteiger partial charge in [-0.15, -0.1) is 11.3 Å². The van der Waals surface area contributed by atoms with Gasteiger partial charge in [-0.25, -0.2) is 4.98 Å². The minimum atomic E-state index is -0.0651. The van der Waals surface area contributed by atoms with Crippen LogP contribution in [0.15, 0.2) is 35.8 Å². The van der Waals surface area contributed by atoms with Gasteiger partial charge in [-0.2, -0.15) is 0 Å². The lowest BCUT2D eigenvalue weighted by molar-refractivity contribution is -0.121. The summed E-state index contributed by atoms with van der Waals surface area (Å²) in [7, 11) is 0. The van der Waals surface area contributed by atoms with E-state index in [1.54, 1.807) is 6.20 Å². The van der Waals surface area contributed by atoms with Crippen molar-refractivity contribution in [3.8, 4) is 0 Å². The summed E-state index contributed by atoms with van der Waals surface area (Å²) in [6, 6.07) is 7.47. The molecular weight excluding hydrogens is 310 g/mol. The number of carbonyl (C=O) groups excluding carboxylic acids is 2. The molecule has 0 aliphatic carbocycles. The summed E-state index contributed by atoms with van der Waals surface area (Å²) in [4.78, 5) is 31.4. The van der Waals surface area contributed by atoms with Crippen molar-refractivity contribution in [2.24, 2.45) is 5.92 Å². The molecule has 3 rings (SSSR count). The first-order valence-corrected chi connectivity index (χ1v) is 8.58. The monoisotopic (exact) mass is 329 g/mol. The van der Waals surface area contributed by atoms with Gasteiger partial charge >= 0.3 is 0 Å². The first-order valence-electron chi connectivity index (χ1n) is 7.70. The molecule has 1 saturated heterocycles. The maximum absolute atomic E-state index is 12.3. The summed E-state index contributed by atoms with van der Waals surface area (Å²) in [6.07, 6.45) is 3.07. The van der Waals surface area contributed by atoms with Gasteiger partial charge in [-0.05, 0) is 48.9 Å². The highest BCUT2D eigenvalue weighted by atomic mass is 32.1. The Morgan fingerprint density at radius 2 is 2.09 bits per heavy atom. The second-order valence-electron chi connectivity index (χ2n) is 5.75. The number of amides is 2. The van der Waals surface area contributed by atoms with Crippen LogP contribution in [-0.2, 0) is 4.79 Å². The Bertz CT molecular complexity index is 692. The van der Waals surface area contributed by atoms with Gasteiger partial charge in [0, 0.05) is 25.2 Å². The molecule has 0 unspecified atom stereocenters. The number of carbonyl (C=O) groups is 2. The van der Waals surface area contributed by atoms with E-state index in [1.165, 1.54) is 11.3 Å². The molecule has 0 saturated carbocycles. The second kappa shape index (κ2) is 6.91. The number of piperidine rings is 1. The van der Waals surface area contributed by atoms with Crippen molar-refractivity contribution in [3.63, 3.8) is 0 Å². The van der Waals surface area contributed by atoms with Crippen molar-refractivity contribution in [1.82, 2.24) is 9.88 Å². The summed E-state index contributed by atoms with van der Waals surface area (Å²) in [5.41, 5.74) is 1.06. The summed E-state index contributed by atoms with van der Waals surface area (Å²) >= 11 is 1.46. The molecule has 23 heavy (non-hydrogen) atoms. The maximum Gasteiger partial charge on any atom is 0.263 e. The van der Waals surface area contributed by atoms with Gasteiger partial charge in [0.1, 0.15) is 5.82 Å². The van der Waals surface area contributed by atoms with Crippen LogP contribution in [-0.4, -0.2) is 34.8 Å². The van der Waals surface area contributed by atoms with Crippen LogP contribution in [0, 0.1) is 12.8 Å². The zero-order valence-electron chi connectivity index (χ0n) is 13.0. The van der Waals surface area contributed by atoms with Gasteiger partial charge in [0.25, 0.3) is 5.91 Å².